The second kappa shape index (κ2) is 22.1. The molecule has 0 aromatic heterocycles. The fraction of sp³-hybridized carbons (Fsp3) is 0.652. The normalized spacial score (nSPS) is 14.5. The van der Waals surface area contributed by atoms with Gasteiger partial charge in [-0.15, -0.1) is 0 Å². The molecule has 0 fully saturated rings. The zero-order valence-corrected chi connectivity index (χ0v) is 24.6. The second-order valence-electron chi connectivity index (χ2n) is 9.18. The van der Waals surface area contributed by atoms with E-state index in [1.807, 2.05) is 21.3 Å². The van der Waals surface area contributed by atoms with Gasteiger partial charge in [0.15, 0.2) is 0 Å². The maximum absolute atomic E-state index is 12.5. The molecule has 23 nitrogen and oxygen atoms in total. The molecule has 262 valence electrons. The number of carbonyl (C=O) groups excluding carboxylic acids is 8. The Bertz CT molecular complexity index is 1080. The smallest absolute Gasteiger partial charge is 0.245 e. The summed E-state index contributed by atoms with van der Waals surface area (Å²) in [7, 11) is 1.25. The summed E-state index contributed by atoms with van der Waals surface area (Å²) < 4.78 is 0. The van der Waals surface area contributed by atoms with Crippen LogP contribution in [0.1, 0.15) is 0 Å². The van der Waals surface area contributed by atoms with Gasteiger partial charge in [-0.25, -0.2) is 0 Å². The summed E-state index contributed by atoms with van der Waals surface area (Å²) in [6, 6.07) is -9.30. The van der Waals surface area contributed by atoms with Crippen LogP contribution >= 0.6 is 0 Å². The molecule has 0 bridgehead atoms. The van der Waals surface area contributed by atoms with Gasteiger partial charge in [0.1, 0.15) is 36.3 Å². The first-order valence-corrected chi connectivity index (χ1v) is 13.4. The largest absolute Gasteiger partial charge is 0.394 e. The van der Waals surface area contributed by atoms with Crippen molar-refractivity contribution in [1.82, 2.24) is 42.5 Å². The number of nitrogens with one attached hydrogen (secondary N) is 8. The van der Waals surface area contributed by atoms with Crippen molar-refractivity contribution in [3.05, 3.63) is 0 Å². The maximum Gasteiger partial charge on any atom is 0.245 e. The molecule has 0 aliphatic rings. The molecular weight excluding hydrogens is 626 g/mol. The summed E-state index contributed by atoms with van der Waals surface area (Å²) in [5.74, 6) is -8.14. The van der Waals surface area contributed by atoms with Gasteiger partial charge in [-0.1, -0.05) is 0 Å². The van der Waals surface area contributed by atoms with Crippen LogP contribution in [0.3, 0.4) is 0 Å². The summed E-state index contributed by atoms with van der Waals surface area (Å²) in [6.07, 6.45) is 0. The molecule has 0 aromatic carbocycles. The third-order valence-electron chi connectivity index (χ3n) is 5.74. The molecule has 0 aliphatic carbocycles. The van der Waals surface area contributed by atoms with Crippen molar-refractivity contribution in [2.75, 3.05) is 59.8 Å². The second-order valence-corrected chi connectivity index (χ2v) is 9.18. The SMILES string of the molecule is CNC(=O)C(CO)NC(=O)C(CO)NC(=O)CNC(=O)C(CO)NC(=O)C(CO)NC(=O)CNC(=O)C(CO)NC(=O)C(N)CO. The highest BCUT2D eigenvalue weighted by Crippen LogP contribution is 1.92. The van der Waals surface area contributed by atoms with Gasteiger partial charge in [0.25, 0.3) is 0 Å². The number of amides is 8. The monoisotopic (exact) mass is 667 g/mol. The molecule has 0 aliphatic heterocycles. The lowest BCUT2D eigenvalue weighted by Gasteiger charge is -2.22. The molecule has 6 unspecified atom stereocenters. The molecule has 8 amide bonds. The van der Waals surface area contributed by atoms with Crippen molar-refractivity contribution in [2.45, 2.75) is 36.3 Å². The Kier molecular flexibility index (Phi) is 19.9. The topological polar surface area (TPSA) is 380 Å². The first-order valence-electron chi connectivity index (χ1n) is 13.4. The molecule has 46 heavy (non-hydrogen) atoms. The molecule has 0 aromatic rings. The van der Waals surface area contributed by atoms with Crippen molar-refractivity contribution in [3.8, 4) is 0 Å². The average molecular weight is 668 g/mol. The van der Waals surface area contributed by atoms with Crippen molar-refractivity contribution < 1.29 is 69.0 Å². The van der Waals surface area contributed by atoms with Crippen LogP contribution in [0.25, 0.3) is 0 Å². The van der Waals surface area contributed by atoms with Gasteiger partial charge in [-0.05, 0) is 0 Å². The Morgan fingerprint density at radius 1 is 0.457 bits per heavy atom. The lowest BCUT2D eigenvalue weighted by molar-refractivity contribution is -0.135. The van der Waals surface area contributed by atoms with Crippen molar-refractivity contribution in [3.63, 3.8) is 0 Å². The molecule has 23 heteroatoms. The van der Waals surface area contributed by atoms with Crippen molar-refractivity contribution in [1.29, 1.82) is 0 Å². The highest BCUT2D eigenvalue weighted by Gasteiger charge is 2.29. The average Bonchev–Trinajstić information content (AvgIpc) is 3.05. The zero-order valence-electron chi connectivity index (χ0n) is 24.6. The maximum atomic E-state index is 12.5. The number of rotatable bonds is 21. The van der Waals surface area contributed by atoms with E-state index in [2.05, 4.69) is 21.3 Å². The first kappa shape index (κ1) is 41.5. The summed E-state index contributed by atoms with van der Waals surface area (Å²) in [4.78, 5) is 96.9. The Hall–Kier alpha value is -4.52. The third kappa shape index (κ3) is 14.5. The summed E-state index contributed by atoms with van der Waals surface area (Å²) in [5.41, 5.74) is 5.30. The number of likely N-dealkylation sites (N-methyl/N-ethyl adjacent to an activating group) is 1. The number of nitrogens with two attached hydrogens (primary N) is 1. The molecule has 16 N–H and O–H groups in total. The number of hydrogen-bond donors (Lipinski definition) is 15. The molecule has 6 atom stereocenters. The van der Waals surface area contributed by atoms with Crippen LogP contribution in [0, 0.1) is 0 Å². The van der Waals surface area contributed by atoms with Gasteiger partial charge in [-0.3, -0.25) is 38.4 Å². The Labute approximate surface area is 261 Å². The Morgan fingerprint density at radius 2 is 0.761 bits per heavy atom. The Balaban J connectivity index is 4.96. The predicted octanol–water partition coefficient (Wildman–Crippen LogP) is -11.3. The van der Waals surface area contributed by atoms with E-state index in [4.69, 9.17) is 10.8 Å². The van der Waals surface area contributed by atoms with Crippen LogP contribution in [0.5, 0.6) is 0 Å². The van der Waals surface area contributed by atoms with Gasteiger partial charge in [-0.2, -0.15) is 0 Å². The molecule has 0 saturated carbocycles. The van der Waals surface area contributed by atoms with E-state index in [9.17, 15) is 63.9 Å². The van der Waals surface area contributed by atoms with Crippen LogP contribution in [-0.4, -0.2) is 174 Å². The van der Waals surface area contributed by atoms with Crippen LogP contribution in [0.2, 0.25) is 0 Å². The van der Waals surface area contributed by atoms with Gasteiger partial charge >= 0.3 is 0 Å². The molecule has 0 radical (unpaired) electrons. The summed E-state index contributed by atoms with van der Waals surface area (Å²) in [5, 5.41) is 72.3. The fourth-order valence-corrected chi connectivity index (χ4v) is 3.12. The standard InChI is InChI=1S/C23H41N9O14/c1-25-19(42)11(5-34)31-22(45)14(8-37)28-17(40)3-27-21(44)13(7-36)32-23(46)15(9-38)29-16(39)2-26-20(43)12(6-35)30-18(41)10(24)4-33/h10-15,33-38H,2-9,24H2,1H3,(H,25,42)(H,26,43)(H,27,44)(H,28,40)(H,29,39)(H,30,41)(H,31,45)(H,32,46). The van der Waals surface area contributed by atoms with Gasteiger partial charge in [0, 0.05) is 7.05 Å². The van der Waals surface area contributed by atoms with E-state index in [0.717, 1.165) is 0 Å². The van der Waals surface area contributed by atoms with Crippen LogP contribution in [-0.2, 0) is 38.4 Å². The van der Waals surface area contributed by atoms with E-state index in [0.29, 0.717) is 0 Å². The van der Waals surface area contributed by atoms with E-state index in [1.165, 1.54) is 7.05 Å². The van der Waals surface area contributed by atoms with E-state index in [-0.39, 0.29) is 0 Å². The van der Waals surface area contributed by atoms with Crippen molar-refractivity contribution >= 4 is 47.3 Å². The summed E-state index contributed by atoms with van der Waals surface area (Å²) >= 11 is 0. The Morgan fingerprint density at radius 3 is 1.07 bits per heavy atom. The minimum atomic E-state index is -1.71. The molecular formula is C23H41N9O14. The fourth-order valence-electron chi connectivity index (χ4n) is 3.12. The first-order chi connectivity index (χ1) is 21.7. The van der Waals surface area contributed by atoms with Crippen LogP contribution < -0.4 is 48.3 Å². The lowest BCUT2D eigenvalue weighted by Crippen LogP contribution is -2.59. The molecule has 0 spiro atoms. The third-order valence-corrected chi connectivity index (χ3v) is 5.74. The zero-order chi connectivity index (χ0) is 35.4. The lowest BCUT2D eigenvalue weighted by atomic mass is 10.2. The number of aliphatic hydroxyl groups is 6. The molecule has 0 saturated heterocycles. The number of hydrogen-bond acceptors (Lipinski definition) is 15. The highest BCUT2D eigenvalue weighted by atomic mass is 16.3. The highest BCUT2D eigenvalue weighted by molar-refractivity contribution is 5.96. The van der Waals surface area contributed by atoms with Gasteiger partial charge in [0.05, 0.1) is 52.7 Å². The minimum absolute atomic E-state index is 0.743. The number of aliphatic hydroxyl groups excluding tert-OH is 6. The van der Waals surface area contributed by atoms with Gasteiger partial charge in [0.2, 0.25) is 47.3 Å². The number of carbonyl (C=O) groups is 8. The van der Waals surface area contributed by atoms with Crippen LogP contribution in [0.4, 0.5) is 0 Å². The molecule has 0 heterocycles. The quantitative estimate of drug-likeness (QED) is 0.0540. The minimum Gasteiger partial charge on any atom is -0.394 e. The predicted molar refractivity (Wildman–Crippen MR) is 150 cm³/mol. The van der Waals surface area contributed by atoms with E-state index < -0.39 is 136 Å². The summed E-state index contributed by atoms with van der Waals surface area (Å²) in [6.45, 7) is -7.01. The van der Waals surface area contributed by atoms with E-state index >= 15 is 0 Å². The van der Waals surface area contributed by atoms with Gasteiger partial charge < -0.3 is 78.9 Å². The van der Waals surface area contributed by atoms with E-state index in [1.54, 1.807) is 0 Å². The van der Waals surface area contributed by atoms with Crippen LogP contribution in [0.15, 0.2) is 0 Å². The van der Waals surface area contributed by atoms with Crippen molar-refractivity contribution in [2.24, 2.45) is 5.73 Å². The molecule has 0 rings (SSSR count).